The molecule has 27 heavy (non-hydrogen) atoms. The van der Waals surface area contributed by atoms with E-state index in [0.29, 0.717) is 0 Å². The summed E-state index contributed by atoms with van der Waals surface area (Å²) in [5.41, 5.74) is 8.12. The average molecular weight is 355 g/mol. The minimum atomic E-state index is 0.818. The lowest BCUT2D eigenvalue weighted by Gasteiger charge is -2.50. The first-order chi connectivity index (χ1) is 13.2. The monoisotopic (exact) mass is 354 g/mol. The molecule has 0 radical (unpaired) electrons. The molecule has 2 atom stereocenters. The van der Waals surface area contributed by atoms with Crippen molar-refractivity contribution in [1.29, 1.82) is 0 Å². The van der Waals surface area contributed by atoms with E-state index in [0.717, 1.165) is 17.8 Å². The highest BCUT2D eigenvalue weighted by molar-refractivity contribution is 5.66. The van der Waals surface area contributed by atoms with E-state index in [4.69, 9.17) is 0 Å². The second-order valence-electron chi connectivity index (χ2n) is 8.57. The maximum absolute atomic E-state index is 2.46. The molecule has 0 N–H and O–H groups in total. The Balaban J connectivity index is 1.48. The van der Waals surface area contributed by atoms with Gasteiger partial charge >= 0.3 is 0 Å². The van der Waals surface area contributed by atoms with Crippen LogP contribution >= 0.6 is 0 Å². The van der Waals surface area contributed by atoms with Crippen molar-refractivity contribution < 1.29 is 4.57 Å². The van der Waals surface area contributed by atoms with Gasteiger partial charge in [-0.3, -0.25) is 0 Å². The van der Waals surface area contributed by atoms with E-state index in [1.807, 2.05) is 0 Å². The number of benzene rings is 2. The second-order valence-corrected chi connectivity index (χ2v) is 8.57. The molecule has 1 nitrogen and oxygen atoms in total. The molecule has 1 heteroatoms. The van der Waals surface area contributed by atoms with Gasteiger partial charge in [0.1, 0.15) is 7.05 Å². The van der Waals surface area contributed by atoms with E-state index >= 15 is 0 Å². The normalized spacial score (nSPS) is 23.7. The van der Waals surface area contributed by atoms with Crippen LogP contribution in [0.5, 0.6) is 0 Å². The fraction of sp³-hybridized carbons (Fsp3) is 0.346. The molecule has 5 rings (SSSR count). The number of hydrogen-bond donors (Lipinski definition) is 0. The van der Waals surface area contributed by atoms with Crippen molar-refractivity contribution in [3.63, 3.8) is 0 Å². The van der Waals surface area contributed by atoms with Crippen molar-refractivity contribution in [3.05, 3.63) is 78.0 Å². The van der Waals surface area contributed by atoms with E-state index in [1.165, 1.54) is 53.6 Å². The zero-order chi connectivity index (χ0) is 18.4. The molecule has 2 aliphatic carbocycles. The molecule has 2 fully saturated rings. The molecule has 0 spiro atoms. The van der Waals surface area contributed by atoms with Gasteiger partial charge in [-0.05, 0) is 72.8 Å². The molecule has 0 amide bonds. The van der Waals surface area contributed by atoms with Crippen LogP contribution in [0.2, 0.25) is 0 Å². The topological polar surface area (TPSA) is 3.88 Å². The third-order valence-electron chi connectivity index (χ3n) is 6.93. The van der Waals surface area contributed by atoms with Crippen LogP contribution in [-0.4, -0.2) is 0 Å². The molecule has 3 aromatic rings. The lowest BCUT2D eigenvalue weighted by molar-refractivity contribution is -0.659. The molecule has 2 bridgehead atoms. The van der Waals surface area contributed by atoms with Gasteiger partial charge in [-0.25, -0.2) is 4.57 Å². The molecule has 1 aromatic heterocycles. The van der Waals surface area contributed by atoms with E-state index in [-0.39, 0.29) is 0 Å². The van der Waals surface area contributed by atoms with Crippen molar-refractivity contribution in [2.45, 2.75) is 38.5 Å². The number of rotatable bonds is 3. The van der Waals surface area contributed by atoms with Gasteiger partial charge in [0, 0.05) is 17.2 Å². The number of hydrogen-bond acceptors (Lipinski definition) is 0. The number of nitrogens with zero attached hydrogens (tertiary/aromatic N) is 1. The van der Waals surface area contributed by atoms with Crippen molar-refractivity contribution in [2.24, 2.45) is 18.9 Å². The minimum Gasteiger partial charge on any atom is -0.200 e. The highest BCUT2D eigenvalue weighted by Crippen LogP contribution is 2.56. The standard InChI is InChI=1S/C26H28N/c1-18-7-3-4-12-24(18)25-14-13-23(17-27(25)2)19-8-5-9-20(15-19)26-21-10-6-11-22(26)16-21/h3-5,7-9,12-15,17,21-22,26H,6,10-11,16H2,1-2H3/q+1. The lowest BCUT2D eigenvalue weighted by Crippen LogP contribution is -2.38. The van der Waals surface area contributed by atoms with Crippen LogP contribution in [0.15, 0.2) is 66.9 Å². The Hall–Kier alpha value is -2.41. The third-order valence-corrected chi connectivity index (χ3v) is 6.93. The number of aryl methyl sites for hydroxylation is 2. The molecular formula is C26H28N+. The molecule has 2 saturated carbocycles. The summed E-state index contributed by atoms with van der Waals surface area (Å²) in [6.45, 7) is 2.18. The Bertz CT molecular complexity index is 973. The zero-order valence-electron chi connectivity index (χ0n) is 16.4. The largest absolute Gasteiger partial charge is 0.212 e. The first-order valence-corrected chi connectivity index (χ1v) is 10.4. The van der Waals surface area contributed by atoms with Crippen LogP contribution in [0.4, 0.5) is 0 Å². The van der Waals surface area contributed by atoms with Crippen molar-refractivity contribution >= 4 is 0 Å². The summed E-state index contributed by atoms with van der Waals surface area (Å²) < 4.78 is 2.27. The van der Waals surface area contributed by atoms with Crippen LogP contribution in [-0.2, 0) is 7.05 Å². The Morgan fingerprint density at radius 3 is 2.41 bits per heavy atom. The van der Waals surface area contributed by atoms with Gasteiger partial charge < -0.3 is 0 Å². The minimum absolute atomic E-state index is 0.818. The zero-order valence-corrected chi connectivity index (χ0v) is 16.4. The van der Waals surface area contributed by atoms with Gasteiger partial charge in [0.2, 0.25) is 5.69 Å². The lowest BCUT2D eigenvalue weighted by atomic mass is 9.55. The molecule has 2 unspecified atom stereocenters. The smallest absolute Gasteiger partial charge is 0.200 e. The molecule has 136 valence electrons. The molecule has 0 aliphatic heterocycles. The quantitative estimate of drug-likeness (QED) is 0.504. The van der Waals surface area contributed by atoms with Gasteiger partial charge in [-0.1, -0.05) is 48.9 Å². The van der Waals surface area contributed by atoms with Crippen LogP contribution in [0.1, 0.15) is 42.7 Å². The fourth-order valence-corrected chi connectivity index (χ4v) is 5.50. The SMILES string of the molecule is Cc1ccccc1-c1ccc(-c2cccc(C3C4CCCC3C4)c2)c[n+]1C. The summed E-state index contributed by atoms with van der Waals surface area (Å²) in [6.07, 6.45) is 8.07. The van der Waals surface area contributed by atoms with E-state index in [1.54, 1.807) is 5.56 Å². The summed E-state index contributed by atoms with van der Waals surface area (Å²) in [6, 6.07) is 22.5. The summed E-state index contributed by atoms with van der Waals surface area (Å²) in [5, 5.41) is 0. The third kappa shape index (κ3) is 2.90. The van der Waals surface area contributed by atoms with Gasteiger partial charge in [-0.15, -0.1) is 0 Å². The van der Waals surface area contributed by atoms with Crippen molar-refractivity contribution in [2.75, 3.05) is 0 Å². The van der Waals surface area contributed by atoms with E-state index in [9.17, 15) is 0 Å². The summed E-state index contributed by atoms with van der Waals surface area (Å²) >= 11 is 0. The number of pyridine rings is 1. The summed E-state index contributed by atoms with van der Waals surface area (Å²) in [5.74, 6) is 2.70. The van der Waals surface area contributed by atoms with Gasteiger partial charge in [-0.2, -0.15) is 0 Å². The molecule has 0 saturated heterocycles. The Labute approximate surface area is 162 Å². The molecule has 1 heterocycles. The van der Waals surface area contributed by atoms with Crippen molar-refractivity contribution in [3.8, 4) is 22.4 Å². The highest BCUT2D eigenvalue weighted by Gasteiger charge is 2.44. The van der Waals surface area contributed by atoms with Crippen molar-refractivity contribution in [1.82, 2.24) is 0 Å². The van der Waals surface area contributed by atoms with Gasteiger partial charge in [0.25, 0.3) is 0 Å². The number of fused-ring (bicyclic) bond motifs is 2. The van der Waals surface area contributed by atoms with E-state index < -0.39 is 0 Å². The highest BCUT2D eigenvalue weighted by atomic mass is 14.9. The van der Waals surface area contributed by atoms with Gasteiger partial charge in [0.15, 0.2) is 6.20 Å². The Morgan fingerprint density at radius 2 is 1.67 bits per heavy atom. The predicted molar refractivity (Wildman–Crippen MR) is 111 cm³/mol. The molecule has 2 aromatic carbocycles. The first kappa shape index (κ1) is 16.7. The average Bonchev–Trinajstić information content (AvgIpc) is 2.69. The maximum atomic E-state index is 2.46. The fourth-order valence-electron chi connectivity index (χ4n) is 5.50. The number of aromatic nitrogens is 1. The first-order valence-electron chi connectivity index (χ1n) is 10.4. The van der Waals surface area contributed by atoms with Crippen LogP contribution in [0.3, 0.4) is 0 Å². The second kappa shape index (κ2) is 6.64. The Morgan fingerprint density at radius 1 is 0.852 bits per heavy atom. The maximum Gasteiger partial charge on any atom is 0.212 e. The van der Waals surface area contributed by atoms with Crippen LogP contribution in [0.25, 0.3) is 22.4 Å². The Kier molecular flexibility index (Phi) is 4.11. The van der Waals surface area contributed by atoms with Crippen LogP contribution in [0, 0.1) is 18.8 Å². The van der Waals surface area contributed by atoms with E-state index in [2.05, 4.69) is 85.4 Å². The van der Waals surface area contributed by atoms with Crippen LogP contribution < -0.4 is 4.57 Å². The molecule has 2 aliphatic rings. The molecular weight excluding hydrogens is 326 g/mol. The predicted octanol–water partition coefficient (Wildman–Crippen LogP) is 6.06. The summed E-state index contributed by atoms with van der Waals surface area (Å²) in [7, 11) is 2.16. The van der Waals surface area contributed by atoms with Gasteiger partial charge in [0.05, 0.1) is 0 Å². The summed E-state index contributed by atoms with van der Waals surface area (Å²) in [4.78, 5) is 0.